The van der Waals surface area contributed by atoms with Gasteiger partial charge in [-0.25, -0.2) is 0 Å². The minimum absolute atomic E-state index is 0.111. The highest BCUT2D eigenvalue weighted by Gasteiger charge is 2.19. The Morgan fingerprint density at radius 3 is 0.807 bits per heavy atom. The second-order valence-electron chi connectivity index (χ2n) is 23.1. The van der Waals surface area contributed by atoms with E-state index in [-0.39, 0.29) is 31.6 Å². The standard InChI is InChI=1S/C77H130O6/c1-4-7-10-13-16-19-22-25-28-31-33-34-35-36-37-38-39-40-41-42-44-46-49-52-55-58-61-64-67-70-76(79)82-73-74(72-81-75(78)69-66-63-60-57-54-51-48-45-30-27-24-21-18-15-12-9-6-3)83-77(80)71-68-65-62-59-56-53-50-47-43-32-29-26-23-20-17-14-11-8-5-2/h8,11,17-18,20-22,25-27,29-31,33,43,47,53,56,62,65,74H,4-7,9-10,12-16,19,23-24,28,32,34-42,44-46,48-52,54-55,57-61,63-64,66-73H2,1-3H3/b11-8-,20-17-,21-18-,25-22-,29-26-,30-27-,33-31-,47-43-,56-53-,65-62-. The van der Waals surface area contributed by atoms with Crippen LogP contribution >= 0.6 is 0 Å². The third kappa shape index (κ3) is 68.5. The summed E-state index contributed by atoms with van der Waals surface area (Å²) in [6.45, 7) is 6.45. The Labute approximate surface area is 513 Å². The van der Waals surface area contributed by atoms with Gasteiger partial charge in [0.15, 0.2) is 6.10 Å². The van der Waals surface area contributed by atoms with Gasteiger partial charge in [-0.1, -0.05) is 309 Å². The molecular weight excluding hydrogens is 1020 g/mol. The van der Waals surface area contributed by atoms with Crippen LogP contribution in [0.25, 0.3) is 0 Å². The highest BCUT2D eigenvalue weighted by atomic mass is 16.6. The van der Waals surface area contributed by atoms with Crippen molar-refractivity contribution in [2.75, 3.05) is 13.2 Å². The van der Waals surface area contributed by atoms with Gasteiger partial charge in [0.05, 0.1) is 0 Å². The van der Waals surface area contributed by atoms with E-state index in [1.807, 2.05) is 6.08 Å². The van der Waals surface area contributed by atoms with E-state index < -0.39 is 12.1 Å². The summed E-state index contributed by atoms with van der Waals surface area (Å²) in [5.41, 5.74) is 0. The summed E-state index contributed by atoms with van der Waals surface area (Å²) in [6.07, 6.45) is 98.1. The predicted molar refractivity (Wildman–Crippen MR) is 362 cm³/mol. The van der Waals surface area contributed by atoms with E-state index in [2.05, 4.69) is 136 Å². The first-order valence-corrected chi connectivity index (χ1v) is 35.0. The number of rotatable bonds is 63. The van der Waals surface area contributed by atoms with E-state index in [4.69, 9.17) is 14.2 Å². The lowest BCUT2D eigenvalue weighted by atomic mass is 10.0. The van der Waals surface area contributed by atoms with Crippen molar-refractivity contribution >= 4 is 17.9 Å². The molecule has 0 amide bonds. The van der Waals surface area contributed by atoms with Crippen molar-refractivity contribution < 1.29 is 28.6 Å². The van der Waals surface area contributed by atoms with Crippen LogP contribution < -0.4 is 0 Å². The highest BCUT2D eigenvalue weighted by molar-refractivity contribution is 5.71. The molecule has 0 spiro atoms. The number of carbonyl (C=O) groups is 3. The van der Waals surface area contributed by atoms with Gasteiger partial charge in [-0.2, -0.15) is 0 Å². The Morgan fingerprint density at radius 1 is 0.253 bits per heavy atom. The Bertz CT molecular complexity index is 1700. The average Bonchev–Trinajstić information content (AvgIpc) is 3.49. The minimum atomic E-state index is -0.826. The van der Waals surface area contributed by atoms with Crippen molar-refractivity contribution in [1.82, 2.24) is 0 Å². The van der Waals surface area contributed by atoms with Gasteiger partial charge in [-0.3, -0.25) is 14.4 Å². The van der Waals surface area contributed by atoms with Gasteiger partial charge in [-0.15, -0.1) is 0 Å². The zero-order valence-corrected chi connectivity index (χ0v) is 54.4. The maximum Gasteiger partial charge on any atom is 0.306 e. The van der Waals surface area contributed by atoms with Crippen LogP contribution in [0.4, 0.5) is 0 Å². The highest BCUT2D eigenvalue weighted by Crippen LogP contribution is 2.17. The number of hydrogen-bond donors (Lipinski definition) is 0. The zero-order chi connectivity index (χ0) is 59.9. The van der Waals surface area contributed by atoms with E-state index in [9.17, 15) is 14.4 Å². The van der Waals surface area contributed by atoms with Gasteiger partial charge < -0.3 is 14.2 Å². The summed E-state index contributed by atoms with van der Waals surface area (Å²) < 4.78 is 16.9. The minimum Gasteiger partial charge on any atom is -0.462 e. The molecule has 6 nitrogen and oxygen atoms in total. The molecule has 0 aromatic heterocycles. The number of ether oxygens (including phenoxy) is 3. The van der Waals surface area contributed by atoms with Crippen molar-refractivity contribution in [1.29, 1.82) is 0 Å². The second-order valence-corrected chi connectivity index (χ2v) is 23.1. The molecule has 0 saturated heterocycles. The van der Waals surface area contributed by atoms with Crippen molar-refractivity contribution in [3.63, 3.8) is 0 Å². The molecule has 0 aromatic carbocycles. The fraction of sp³-hybridized carbons (Fsp3) is 0.701. The Kier molecular flexibility index (Phi) is 66.7. The predicted octanol–water partition coefficient (Wildman–Crippen LogP) is 24.3. The van der Waals surface area contributed by atoms with Gasteiger partial charge in [0.25, 0.3) is 0 Å². The van der Waals surface area contributed by atoms with Crippen LogP contribution in [0.2, 0.25) is 0 Å². The second kappa shape index (κ2) is 70.3. The lowest BCUT2D eigenvalue weighted by molar-refractivity contribution is -0.166. The molecule has 0 N–H and O–H groups in total. The summed E-state index contributed by atoms with van der Waals surface area (Å²) in [5.74, 6) is -0.994. The van der Waals surface area contributed by atoms with Crippen LogP contribution in [0.3, 0.4) is 0 Å². The van der Waals surface area contributed by atoms with Crippen LogP contribution in [0.1, 0.15) is 329 Å². The maximum absolute atomic E-state index is 12.9. The molecule has 0 aliphatic rings. The van der Waals surface area contributed by atoms with Gasteiger partial charge in [-0.05, 0) is 122 Å². The van der Waals surface area contributed by atoms with Gasteiger partial charge in [0.1, 0.15) is 13.2 Å². The molecule has 1 atom stereocenters. The molecule has 0 radical (unpaired) electrons. The molecule has 6 heteroatoms. The lowest BCUT2D eigenvalue weighted by Gasteiger charge is -2.18. The number of unbranched alkanes of at least 4 members (excludes halogenated alkanes) is 32. The molecule has 0 aliphatic carbocycles. The molecule has 0 fully saturated rings. The molecule has 0 heterocycles. The molecular formula is C77H130O6. The molecule has 0 saturated carbocycles. The maximum atomic E-state index is 12.9. The molecule has 0 aliphatic heterocycles. The number of carbonyl (C=O) groups excluding carboxylic acids is 3. The first-order chi connectivity index (χ1) is 41.0. The van der Waals surface area contributed by atoms with E-state index in [1.54, 1.807) is 0 Å². The van der Waals surface area contributed by atoms with Crippen LogP contribution in [0, 0.1) is 0 Å². The van der Waals surface area contributed by atoms with Crippen LogP contribution in [0.15, 0.2) is 122 Å². The van der Waals surface area contributed by atoms with E-state index in [0.717, 1.165) is 96.3 Å². The quantitative estimate of drug-likeness (QED) is 0.0261. The first kappa shape index (κ1) is 78.8. The molecule has 1 unspecified atom stereocenters. The number of hydrogen-bond acceptors (Lipinski definition) is 6. The molecule has 0 rings (SSSR count). The summed E-state index contributed by atoms with van der Waals surface area (Å²) in [6, 6.07) is 0. The number of esters is 3. The van der Waals surface area contributed by atoms with Gasteiger partial charge in [0.2, 0.25) is 0 Å². The summed E-state index contributed by atoms with van der Waals surface area (Å²) in [5, 5.41) is 0. The topological polar surface area (TPSA) is 78.9 Å². The Morgan fingerprint density at radius 2 is 0.494 bits per heavy atom. The first-order valence-electron chi connectivity index (χ1n) is 35.0. The van der Waals surface area contributed by atoms with E-state index in [1.165, 1.54) is 186 Å². The molecule has 474 valence electrons. The van der Waals surface area contributed by atoms with E-state index >= 15 is 0 Å². The summed E-state index contributed by atoms with van der Waals surface area (Å²) >= 11 is 0. The van der Waals surface area contributed by atoms with Crippen molar-refractivity contribution in [2.45, 2.75) is 335 Å². The van der Waals surface area contributed by atoms with Crippen molar-refractivity contribution in [3.05, 3.63) is 122 Å². The third-order valence-corrected chi connectivity index (χ3v) is 14.9. The monoisotopic (exact) mass is 1150 g/mol. The third-order valence-electron chi connectivity index (χ3n) is 14.9. The normalized spacial score (nSPS) is 12.9. The van der Waals surface area contributed by atoms with Crippen LogP contribution in [-0.2, 0) is 28.6 Å². The fourth-order valence-electron chi connectivity index (χ4n) is 9.71. The van der Waals surface area contributed by atoms with Gasteiger partial charge in [0, 0.05) is 19.3 Å². The van der Waals surface area contributed by atoms with Crippen molar-refractivity contribution in [2.24, 2.45) is 0 Å². The van der Waals surface area contributed by atoms with Crippen LogP contribution in [-0.4, -0.2) is 37.2 Å². The van der Waals surface area contributed by atoms with E-state index in [0.29, 0.717) is 19.3 Å². The molecule has 0 aromatic rings. The van der Waals surface area contributed by atoms with Crippen LogP contribution in [0.5, 0.6) is 0 Å². The smallest absolute Gasteiger partial charge is 0.306 e. The molecule has 83 heavy (non-hydrogen) atoms. The Balaban J connectivity index is 4.37. The summed E-state index contributed by atoms with van der Waals surface area (Å²) in [4.78, 5) is 38.4. The molecule has 0 bridgehead atoms. The number of allylic oxidation sites excluding steroid dienone is 20. The van der Waals surface area contributed by atoms with Crippen molar-refractivity contribution in [3.8, 4) is 0 Å². The largest absolute Gasteiger partial charge is 0.462 e. The lowest BCUT2D eigenvalue weighted by Crippen LogP contribution is -2.30. The fourth-order valence-corrected chi connectivity index (χ4v) is 9.71. The Hall–Kier alpha value is -4.19. The zero-order valence-electron chi connectivity index (χ0n) is 54.4. The summed E-state index contributed by atoms with van der Waals surface area (Å²) in [7, 11) is 0. The average molecular weight is 1150 g/mol. The van der Waals surface area contributed by atoms with Gasteiger partial charge >= 0.3 is 17.9 Å². The SMILES string of the molecule is CC/C=C\C/C=C\C/C=C\C/C=C\C/C=C\C/C=C\CCC(=O)OC(COC(=O)CCCCCCCCC/C=C\C/C=C\CCCCC)COC(=O)CCCCCCCCCCCCCCCCCCC/C=C\C/C=C\CCCCCCC.